The zero-order valence-corrected chi connectivity index (χ0v) is 10.8. The van der Waals surface area contributed by atoms with E-state index in [1.54, 1.807) is 19.0 Å². The van der Waals surface area contributed by atoms with Crippen LogP contribution in [0.25, 0.3) is 0 Å². The molecule has 0 aromatic heterocycles. The fourth-order valence-corrected chi connectivity index (χ4v) is 2.46. The molecular weight excluding hydrogens is 240 g/mol. The third kappa shape index (κ3) is 2.13. The molecule has 5 nitrogen and oxygen atoms in total. The first-order valence-electron chi connectivity index (χ1n) is 5.79. The molecule has 2 aliphatic rings. The maximum Gasteiger partial charge on any atom is 0.289 e. The van der Waals surface area contributed by atoms with E-state index in [1.165, 1.54) is 0 Å². The van der Waals surface area contributed by atoms with E-state index >= 15 is 0 Å². The highest BCUT2D eigenvalue weighted by Gasteiger charge is 2.50. The molecule has 1 heterocycles. The molecule has 17 heavy (non-hydrogen) atoms. The number of nitrogens with zero attached hydrogens (tertiary/aromatic N) is 2. The summed E-state index contributed by atoms with van der Waals surface area (Å²) < 4.78 is 0. The van der Waals surface area contributed by atoms with Crippen LogP contribution in [0.15, 0.2) is 0 Å². The second-order valence-electron chi connectivity index (χ2n) is 4.72. The van der Waals surface area contributed by atoms with Gasteiger partial charge in [0.25, 0.3) is 17.0 Å². The van der Waals surface area contributed by atoms with Gasteiger partial charge in [0.15, 0.2) is 0 Å². The van der Waals surface area contributed by atoms with Gasteiger partial charge in [-0.2, -0.15) is 0 Å². The number of fused-ring (bicyclic) bond motifs is 1. The van der Waals surface area contributed by atoms with Crippen molar-refractivity contribution in [2.24, 2.45) is 11.8 Å². The van der Waals surface area contributed by atoms with Crippen LogP contribution in [0.4, 0.5) is 0 Å². The van der Waals surface area contributed by atoms with E-state index in [0.29, 0.717) is 0 Å². The van der Waals surface area contributed by atoms with E-state index in [4.69, 9.17) is 17.1 Å². The number of amides is 2. The Labute approximate surface area is 106 Å². The number of hydrogen-bond donors (Lipinski definition) is 0. The molecule has 1 saturated heterocycles. The molecule has 1 aliphatic heterocycles. The molecule has 0 aromatic carbocycles. The van der Waals surface area contributed by atoms with Crippen LogP contribution in [0.1, 0.15) is 25.7 Å². The van der Waals surface area contributed by atoms with Crippen molar-refractivity contribution >= 4 is 29.2 Å². The third-order valence-electron chi connectivity index (χ3n) is 3.34. The van der Waals surface area contributed by atoms with Gasteiger partial charge < -0.3 is 9.74 Å². The Morgan fingerprint density at radius 2 is 1.71 bits per heavy atom. The van der Waals surface area contributed by atoms with Gasteiger partial charge in [-0.1, -0.05) is 12.8 Å². The molecular formula is C11H16N2O3S. The summed E-state index contributed by atoms with van der Waals surface area (Å²) in [6.45, 7) is 0. The lowest BCUT2D eigenvalue weighted by Gasteiger charge is -2.19. The predicted molar refractivity (Wildman–Crippen MR) is 64.7 cm³/mol. The van der Waals surface area contributed by atoms with Gasteiger partial charge in [-0.15, -0.1) is 5.06 Å². The SMILES string of the molecule is CN(C)C(=S)ON1C(=O)C2CCCCC2C1=O. The quantitative estimate of drug-likeness (QED) is 0.516. The van der Waals surface area contributed by atoms with Crippen LogP contribution in [0.5, 0.6) is 0 Å². The van der Waals surface area contributed by atoms with Crippen molar-refractivity contribution in [3.63, 3.8) is 0 Å². The average molecular weight is 256 g/mol. The lowest BCUT2D eigenvalue weighted by molar-refractivity contribution is -0.170. The molecule has 0 radical (unpaired) electrons. The Balaban J connectivity index is 2.11. The smallest absolute Gasteiger partial charge is 0.289 e. The molecule has 6 heteroatoms. The van der Waals surface area contributed by atoms with Crippen LogP contribution in [0.2, 0.25) is 0 Å². The standard InChI is InChI=1S/C11H16N2O3S/c1-12(2)11(17)16-13-9(14)7-5-3-4-6-8(7)10(13)15/h7-8H,3-6H2,1-2H3. The minimum atomic E-state index is -0.232. The minimum absolute atomic E-state index is 0.130. The molecule has 2 fully saturated rings. The van der Waals surface area contributed by atoms with Crippen molar-refractivity contribution in [1.82, 2.24) is 9.96 Å². The minimum Gasteiger partial charge on any atom is -0.338 e. The Morgan fingerprint density at radius 1 is 1.24 bits per heavy atom. The van der Waals surface area contributed by atoms with Crippen molar-refractivity contribution in [2.45, 2.75) is 25.7 Å². The zero-order chi connectivity index (χ0) is 12.6. The van der Waals surface area contributed by atoms with Crippen LogP contribution < -0.4 is 0 Å². The van der Waals surface area contributed by atoms with E-state index in [9.17, 15) is 9.59 Å². The molecule has 1 saturated carbocycles. The fraction of sp³-hybridized carbons (Fsp3) is 0.727. The molecule has 0 spiro atoms. The highest BCUT2D eigenvalue weighted by molar-refractivity contribution is 7.80. The lowest BCUT2D eigenvalue weighted by atomic mass is 9.81. The number of imide groups is 1. The van der Waals surface area contributed by atoms with Crippen LogP contribution in [0, 0.1) is 11.8 Å². The van der Waals surface area contributed by atoms with Crippen LogP contribution in [-0.4, -0.2) is 41.0 Å². The number of thiocarbonyl (C=S) groups is 1. The van der Waals surface area contributed by atoms with Gasteiger partial charge in [0, 0.05) is 14.1 Å². The molecule has 0 bridgehead atoms. The summed E-state index contributed by atoms with van der Waals surface area (Å²) in [5.74, 6) is -0.852. The number of rotatable bonds is 1. The summed E-state index contributed by atoms with van der Waals surface area (Å²) in [6, 6.07) is 0. The molecule has 0 N–H and O–H groups in total. The van der Waals surface area contributed by atoms with Crippen LogP contribution >= 0.6 is 12.2 Å². The number of carbonyl (C=O) groups is 2. The summed E-state index contributed by atoms with van der Waals surface area (Å²) in [5.41, 5.74) is 0. The topological polar surface area (TPSA) is 49.9 Å². The molecule has 2 rings (SSSR count). The Bertz CT molecular complexity index is 346. The van der Waals surface area contributed by atoms with Gasteiger partial charge in [-0.25, -0.2) is 0 Å². The first kappa shape index (κ1) is 12.3. The van der Waals surface area contributed by atoms with E-state index < -0.39 is 0 Å². The van der Waals surface area contributed by atoms with Crippen molar-refractivity contribution in [3.8, 4) is 0 Å². The first-order chi connectivity index (χ1) is 8.02. The summed E-state index contributed by atoms with van der Waals surface area (Å²) in [6.07, 6.45) is 3.58. The second kappa shape index (κ2) is 4.60. The van der Waals surface area contributed by atoms with Crippen molar-refractivity contribution in [3.05, 3.63) is 0 Å². The highest BCUT2D eigenvalue weighted by atomic mass is 32.1. The molecule has 2 amide bonds. The fourth-order valence-electron chi connectivity index (χ4n) is 2.38. The van der Waals surface area contributed by atoms with E-state index in [1.807, 2.05) is 0 Å². The van der Waals surface area contributed by atoms with Crippen molar-refractivity contribution < 1.29 is 14.4 Å². The van der Waals surface area contributed by atoms with Gasteiger partial charge >= 0.3 is 0 Å². The van der Waals surface area contributed by atoms with Gasteiger partial charge in [-0.05, 0) is 25.1 Å². The number of hydroxylamine groups is 2. The lowest BCUT2D eigenvalue weighted by Crippen LogP contribution is -2.37. The maximum absolute atomic E-state index is 12.0. The Morgan fingerprint density at radius 3 is 2.12 bits per heavy atom. The monoisotopic (exact) mass is 256 g/mol. The number of carbonyl (C=O) groups excluding carboxylic acids is 2. The molecule has 2 unspecified atom stereocenters. The molecule has 2 atom stereocenters. The number of hydrogen-bond acceptors (Lipinski definition) is 4. The van der Waals surface area contributed by atoms with Crippen LogP contribution in [-0.2, 0) is 14.4 Å². The Hall–Kier alpha value is -1.17. The second-order valence-corrected chi connectivity index (χ2v) is 5.07. The summed E-state index contributed by atoms with van der Waals surface area (Å²) in [7, 11) is 3.42. The molecule has 1 aliphatic carbocycles. The van der Waals surface area contributed by atoms with E-state index in [0.717, 1.165) is 30.7 Å². The molecule has 94 valence electrons. The summed E-state index contributed by atoms with van der Waals surface area (Å²) >= 11 is 4.94. The third-order valence-corrected chi connectivity index (χ3v) is 3.77. The Kier molecular flexibility index (Phi) is 3.33. The average Bonchev–Trinajstić information content (AvgIpc) is 2.55. The van der Waals surface area contributed by atoms with E-state index in [2.05, 4.69) is 0 Å². The van der Waals surface area contributed by atoms with E-state index in [-0.39, 0.29) is 28.8 Å². The summed E-state index contributed by atoms with van der Waals surface area (Å²) in [4.78, 5) is 30.8. The van der Waals surface area contributed by atoms with Crippen molar-refractivity contribution in [1.29, 1.82) is 0 Å². The predicted octanol–water partition coefficient (Wildman–Crippen LogP) is 0.940. The van der Waals surface area contributed by atoms with Gasteiger partial charge in [0.2, 0.25) is 0 Å². The molecule has 0 aromatic rings. The maximum atomic E-state index is 12.0. The van der Waals surface area contributed by atoms with Gasteiger partial charge in [0.1, 0.15) is 0 Å². The highest BCUT2D eigenvalue weighted by Crippen LogP contribution is 2.38. The van der Waals surface area contributed by atoms with Gasteiger partial charge in [-0.3, -0.25) is 9.59 Å². The summed E-state index contributed by atoms with van der Waals surface area (Å²) in [5, 5.41) is 0.994. The first-order valence-corrected chi connectivity index (χ1v) is 6.20. The normalized spacial score (nSPS) is 28.0. The largest absolute Gasteiger partial charge is 0.338 e. The van der Waals surface area contributed by atoms with Crippen LogP contribution in [0.3, 0.4) is 0 Å². The zero-order valence-electron chi connectivity index (χ0n) is 10.0. The van der Waals surface area contributed by atoms with Gasteiger partial charge in [0.05, 0.1) is 11.8 Å². The van der Waals surface area contributed by atoms with Crippen molar-refractivity contribution in [2.75, 3.05) is 14.1 Å².